The first-order valence-electron chi connectivity index (χ1n) is 6.71. The molecule has 4 heteroatoms. The molecule has 2 aliphatic rings. The Morgan fingerprint density at radius 2 is 1.65 bits per heavy atom. The van der Waals surface area contributed by atoms with Gasteiger partial charge in [-0.1, -0.05) is 28.8 Å². The van der Waals surface area contributed by atoms with Crippen molar-refractivity contribution in [2.75, 3.05) is 26.2 Å². The summed E-state index contributed by atoms with van der Waals surface area (Å²) in [6.45, 7) is 7.76. The zero-order valence-electron chi connectivity index (χ0n) is 10.9. The molecule has 1 aliphatic carbocycles. The van der Waals surface area contributed by atoms with E-state index in [0.29, 0.717) is 0 Å². The summed E-state index contributed by atoms with van der Waals surface area (Å²) < 4.78 is -0.414. The van der Waals surface area contributed by atoms with Crippen molar-refractivity contribution in [2.24, 2.45) is 0 Å². The van der Waals surface area contributed by atoms with Crippen LogP contribution in [-0.2, 0) is 4.79 Å². The van der Waals surface area contributed by atoms with E-state index in [1.165, 1.54) is 25.7 Å². The minimum atomic E-state index is -0.414. The standard InChI is InChI=1S/C13H23BrN2O/c1-13(2,14)12(17)16-9-7-15(8-10-16)11-5-3-4-6-11/h11H,3-10H2,1-2H3. The fourth-order valence-corrected chi connectivity index (χ4v) is 3.19. The predicted molar refractivity (Wildman–Crippen MR) is 73.4 cm³/mol. The zero-order chi connectivity index (χ0) is 12.5. The number of carbonyl (C=O) groups is 1. The highest BCUT2D eigenvalue weighted by atomic mass is 79.9. The largest absolute Gasteiger partial charge is 0.339 e. The third kappa shape index (κ3) is 3.22. The van der Waals surface area contributed by atoms with Gasteiger partial charge in [0.25, 0.3) is 0 Å². The number of piperazine rings is 1. The molecule has 1 saturated heterocycles. The molecule has 0 aromatic rings. The number of alkyl halides is 1. The minimum absolute atomic E-state index is 0.226. The van der Waals surface area contributed by atoms with E-state index in [2.05, 4.69) is 20.8 Å². The monoisotopic (exact) mass is 302 g/mol. The number of rotatable bonds is 2. The molecular formula is C13H23BrN2O. The van der Waals surface area contributed by atoms with Crippen molar-refractivity contribution in [3.05, 3.63) is 0 Å². The molecule has 0 radical (unpaired) electrons. The Bertz CT molecular complexity index is 274. The van der Waals surface area contributed by atoms with E-state index in [1.807, 2.05) is 18.7 Å². The van der Waals surface area contributed by atoms with Crippen LogP contribution in [0.25, 0.3) is 0 Å². The summed E-state index contributed by atoms with van der Waals surface area (Å²) in [6, 6.07) is 0.796. The van der Waals surface area contributed by atoms with Gasteiger partial charge in [-0.2, -0.15) is 0 Å². The van der Waals surface area contributed by atoms with Gasteiger partial charge in [0.1, 0.15) is 0 Å². The quantitative estimate of drug-likeness (QED) is 0.731. The molecular weight excluding hydrogens is 280 g/mol. The lowest BCUT2D eigenvalue weighted by Gasteiger charge is -2.39. The van der Waals surface area contributed by atoms with Gasteiger partial charge in [0, 0.05) is 32.2 Å². The van der Waals surface area contributed by atoms with E-state index in [-0.39, 0.29) is 5.91 Å². The van der Waals surface area contributed by atoms with E-state index in [9.17, 15) is 4.79 Å². The molecule has 2 fully saturated rings. The van der Waals surface area contributed by atoms with Crippen LogP contribution in [0.5, 0.6) is 0 Å². The molecule has 0 bridgehead atoms. The fourth-order valence-electron chi connectivity index (χ4n) is 2.94. The second-order valence-electron chi connectivity index (χ2n) is 5.74. The Kier molecular flexibility index (Phi) is 4.14. The first-order valence-corrected chi connectivity index (χ1v) is 7.50. The van der Waals surface area contributed by atoms with Gasteiger partial charge in [-0.3, -0.25) is 9.69 Å². The second kappa shape index (κ2) is 5.27. The van der Waals surface area contributed by atoms with E-state index in [0.717, 1.165) is 32.2 Å². The molecule has 0 unspecified atom stereocenters. The minimum Gasteiger partial charge on any atom is -0.339 e. The maximum Gasteiger partial charge on any atom is 0.238 e. The summed E-state index contributed by atoms with van der Waals surface area (Å²) in [5.41, 5.74) is 0. The molecule has 1 saturated carbocycles. The first kappa shape index (κ1) is 13.3. The molecule has 1 aliphatic heterocycles. The van der Waals surface area contributed by atoms with Crippen LogP contribution in [0, 0.1) is 0 Å². The van der Waals surface area contributed by atoms with Crippen molar-refractivity contribution in [3.8, 4) is 0 Å². The molecule has 0 aromatic heterocycles. The molecule has 3 nitrogen and oxygen atoms in total. The smallest absolute Gasteiger partial charge is 0.238 e. The van der Waals surface area contributed by atoms with Gasteiger partial charge in [0.15, 0.2) is 0 Å². The second-order valence-corrected chi connectivity index (χ2v) is 7.72. The Morgan fingerprint density at radius 1 is 1.12 bits per heavy atom. The molecule has 2 rings (SSSR count). The van der Waals surface area contributed by atoms with Crippen molar-refractivity contribution in [1.29, 1.82) is 0 Å². The van der Waals surface area contributed by atoms with Crippen LogP contribution in [-0.4, -0.2) is 52.3 Å². The normalized spacial score (nSPS) is 24.3. The number of nitrogens with zero attached hydrogens (tertiary/aromatic N) is 2. The summed E-state index contributed by atoms with van der Waals surface area (Å²) >= 11 is 3.46. The average Bonchev–Trinajstić information content (AvgIpc) is 2.80. The van der Waals surface area contributed by atoms with E-state index in [1.54, 1.807) is 0 Å². The molecule has 98 valence electrons. The van der Waals surface area contributed by atoms with E-state index >= 15 is 0 Å². The van der Waals surface area contributed by atoms with Gasteiger partial charge in [0.05, 0.1) is 4.32 Å². The summed E-state index contributed by atoms with van der Waals surface area (Å²) in [6.07, 6.45) is 5.49. The van der Waals surface area contributed by atoms with Crippen LogP contribution in [0.15, 0.2) is 0 Å². The Morgan fingerprint density at radius 3 is 2.12 bits per heavy atom. The third-order valence-corrected chi connectivity index (χ3v) is 4.29. The van der Waals surface area contributed by atoms with Crippen molar-refractivity contribution in [3.63, 3.8) is 0 Å². The average molecular weight is 303 g/mol. The molecule has 0 spiro atoms. The van der Waals surface area contributed by atoms with Gasteiger partial charge in [-0.25, -0.2) is 0 Å². The first-order chi connectivity index (χ1) is 7.98. The molecule has 0 aromatic carbocycles. The van der Waals surface area contributed by atoms with Crippen molar-refractivity contribution in [2.45, 2.75) is 49.9 Å². The van der Waals surface area contributed by atoms with Gasteiger partial charge in [-0.05, 0) is 26.7 Å². The summed E-state index contributed by atoms with van der Waals surface area (Å²) in [7, 11) is 0. The van der Waals surface area contributed by atoms with Gasteiger partial charge in [0.2, 0.25) is 5.91 Å². The lowest BCUT2D eigenvalue weighted by atomic mass is 10.1. The number of halogens is 1. The highest BCUT2D eigenvalue weighted by molar-refractivity contribution is 9.10. The Balaban J connectivity index is 1.83. The molecule has 0 atom stereocenters. The number of carbonyl (C=O) groups excluding carboxylic acids is 1. The lowest BCUT2D eigenvalue weighted by molar-refractivity contribution is -0.134. The highest BCUT2D eigenvalue weighted by Gasteiger charge is 2.33. The third-order valence-electron chi connectivity index (χ3n) is 3.95. The van der Waals surface area contributed by atoms with Crippen LogP contribution in [0.1, 0.15) is 39.5 Å². The van der Waals surface area contributed by atoms with Crippen LogP contribution < -0.4 is 0 Å². The van der Waals surface area contributed by atoms with Crippen molar-refractivity contribution in [1.82, 2.24) is 9.80 Å². The maximum absolute atomic E-state index is 12.1. The van der Waals surface area contributed by atoms with Crippen LogP contribution in [0.3, 0.4) is 0 Å². The van der Waals surface area contributed by atoms with E-state index in [4.69, 9.17) is 0 Å². The van der Waals surface area contributed by atoms with E-state index < -0.39 is 4.32 Å². The SMILES string of the molecule is CC(C)(Br)C(=O)N1CCN(C2CCCC2)CC1. The summed E-state index contributed by atoms with van der Waals surface area (Å²) in [5, 5.41) is 0. The van der Waals surface area contributed by atoms with Crippen molar-refractivity contribution >= 4 is 21.8 Å². The Hall–Kier alpha value is -0.0900. The molecule has 0 N–H and O–H groups in total. The zero-order valence-corrected chi connectivity index (χ0v) is 12.5. The number of amides is 1. The lowest BCUT2D eigenvalue weighted by Crippen LogP contribution is -2.54. The van der Waals surface area contributed by atoms with Gasteiger partial charge in [-0.15, -0.1) is 0 Å². The van der Waals surface area contributed by atoms with Crippen LogP contribution in [0.4, 0.5) is 0 Å². The van der Waals surface area contributed by atoms with Crippen LogP contribution >= 0.6 is 15.9 Å². The maximum atomic E-state index is 12.1. The number of hydrogen-bond acceptors (Lipinski definition) is 2. The van der Waals surface area contributed by atoms with Gasteiger partial charge >= 0.3 is 0 Å². The Labute approximate surface area is 113 Å². The predicted octanol–water partition coefficient (Wildman–Crippen LogP) is 2.25. The van der Waals surface area contributed by atoms with Crippen molar-refractivity contribution < 1.29 is 4.79 Å². The topological polar surface area (TPSA) is 23.6 Å². The number of hydrogen-bond donors (Lipinski definition) is 0. The fraction of sp³-hybridized carbons (Fsp3) is 0.923. The molecule has 17 heavy (non-hydrogen) atoms. The molecule has 1 amide bonds. The summed E-state index contributed by atoms with van der Waals surface area (Å²) in [4.78, 5) is 16.7. The van der Waals surface area contributed by atoms with Crippen LogP contribution in [0.2, 0.25) is 0 Å². The molecule has 1 heterocycles. The van der Waals surface area contributed by atoms with Gasteiger partial charge < -0.3 is 4.90 Å². The highest BCUT2D eigenvalue weighted by Crippen LogP contribution is 2.25. The summed E-state index contributed by atoms with van der Waals surface area (Å²) in [5.74, 6) is 0.226.